The summed E-state index contributed by atoms with van der Waals surface area (Å²) in [7, 11) is 0. The van der Waals surface area contributed by atoms with Crippen molar-refractivity contribution in [2.24, 2.45) is 34.5 Å². The van der Waals surface area contributed by atoms with Gasteiger partial charge in [-0.25, -0.2) is 9.59 Å². The van der Waals surface area contributed by atoms with E-state index < -0.39 is 5.60 Å². The van der Waals surface area contributed by atoms with Crippen LogP contribution in [-0.2, 0) is 19.1 Å². The van der Waals surface area contributed by atoms with Gasteiger partial charge in [0, 0.05) is 37.2 Å². The Morgan fingerprint density at radius 2 is 2.00 bits per heavy atom. The summed E-state index contributed by atoms with van der Waals surface area (Å²) in [5.74, 6) is 1.30. The number of rotatable bonds is 5. The van der Waals surface area contributed by atoms with Crippen molar-refractivity contribution in [1.29, 1.82) is 0 Å². The van der Waals surface area contributed by atoms with Gasteiger partial charge in [-0.2, -0.15) is 0 Å². The summed E-state index contributed by atoms with van der Waals surface area (Å²) in [6.07, 6.45) is 10.2. The molecule has 6 rings (SSSR count). The highest BCUT2D eigenvalue weighted by atomic mass is 16.5. The Morgan fingerprint density at radius 3 is 2.77 bits per heavy atom. The molecule has 6 aliphatic rings. The van der Waals surface area contributed by atoms with Crippen LogP contribution < -0.4 is 10.6 Å². The van der Waals surface area contributed by atoms with Gasteiger partial charge in [0.1, 0.15) is 13.2 Å². The van der Waals surface area contributed by atoms with Gasteiger partial charge in [-0.15, -0.1) is 0 Å². The first-order valence-electron chi connectivity index (χ1n) is 15.1. The number of hydrogen-bond donors (Lipinski definition) is 3. The molecule has 0 unspecified atom stereocenters. The monoisotopic (exact) mass is 543 g/mol. The first-order chi connectivity index (χ1) is 18.6. The molecular formula is C30H45N3O6. The number of amides is 2. The maximum absolute atomic E-state index is 12.5. The zero-order valence-electron chi connectivity index (χ0n) is 23.5. The first kappa shape index (κ1) is 27.1. The standard InChI is InChI=1S/C30H45N3O6/c1-28-8-5-21(32-27(36)38-14-13-33-12-11-31-25(34)17-33)16-20(28)3-4-24-23(28)6-9-29(2)22(7-10-30(24,29)37)19-15-26(35)39-18-19/h15,20-24,37H,3-14,16-18H2,1-2H3,(H,31,34)(H,32,36)/t20-,21+,22-,23+,24-,28+,29-,30+/m1/s1. The number of carbonyl (C=O) groups is 3. The molecule has 2 aliphatic heterocycles. The highest BCUT2D eigenvalue weighted by Crippen LogP contribution is 2.69. The molecule has 5 fully saturated rings. The number of nitrogens with one attached hydrogen (secondary N) is 2. The van der Waals surface area contributed by atoms with E-state index in [-0.39, 0.29) is 53.3 Å². The Labute approximate surface area is 231 Å². The summed E-state index contributed by atoms with van der Waals surface area (Å²) in [4.78, 5) is 37.9. The molecule has 0 radical (unpaired) electrons. The van der Waals surface area contributed by atoms with Crippen molar-refractivity contribution in [3.63, 3.8) is 0 Å². The predicted octanol–water partition coefficient (Wildman–Crippen LogP) is 2.77. The van der Waals surface area contributed by atoms with Crippen molar-refractivity contribution in [1.82, 2.24) is 15.5 Å². The number of esters is 1. The minimum atomic E-state index is -0.699. The molecule has 9 nitrogen and oxygen atoms in total. The van der Waals surface area contributed by atoms with Crippen molar-refractivity contribution in [2.75, 3.05) is 39.4 Å². The molecule has 2 amide bonds. The molecule has 4 aliphatic carbocycles. The van der Waals surface area contributed by atoms with Crippen LogP contribution in [0.15, 0.2) is 11.6 Å². The van der Waals surface area contributed by atoms with Crippen molar-refractivity contribution in [3.8, 4) is 0 Å². The number of piperazine rings is 1. The van der Waals surface area contributed by atoms with Crippen molar-refractivity contribution >= 4 is 18.0 Å². The number of cyclic esters (lactones) is 1. The summed E-state index contributed by atoms with van der Waals surface area (Å²) in [6, 6.07) is 0.118. The Bertz CT molecular complexity index is 1050. The largest absolute Gasteiger partial charge is 0.458 e. The van der Waals surface area contributed by atoms with E-state index in [4.69, 9.17) is 9.47 Å². The fourth-order valence-electron chi connectivity index (χ4n) is 9.90. The van der Waals surface area contributed by atoms with Gasteiger partial charge in [-0.1, -0.05) is 13.8 Å². The van der Waals surface area contributed by atoms with E-state index in [0.29, 0.717) is 38.1 Å². The first-order valence-corrected chi connectivity index (χ1v) is 15.1. The van der Waals surface area contributed by atoms with Crippen LogP contribution in [0.1, 0.15) is 71.6 Å². The summed E-state index contributed by atoms with van der Waals surface area (Å²) < 4.78 is 10.7. The molecule has 0 spiro atoms. The summed E-state index contributed by atoms with van der Waals surface area (Å²) >= 11 is 0. The van der Waals surface area contributed by atoms with Crippen LogP contribution in [-0.4, -0.2) is 79.0 Å². The van der Waals surface area contributed by atoms with Crippen LogP contribution in [0.2, 0.25) is 0 Å². The number of alkyl carbamates (subject to hydrolysis) is 1. The van der Waals surface area contributed by atoms with Gasteiger partial charge in [0.05, 0.1) is 12.1 Å². The Morgan fingerprint density at radius 1 is 1.15 bits per heavy atom. The second-order valence-corrected chi connectivity index (χ2v) is 13.7. The quantitative estimate of drug-likeness (QED) is 0.457. The van der Waals surface area contributed by atoms with Crippen LogP contribution in [0.25, 0.3) is 0 Å². The smallest absolute Gasteiger partial charge is 0.407 e. The molecule has 216 valence electrons. The zero-order chi connectivity index (χ0) is 27.4. The average Bonchev–Trinajstić information content (AvgIpc) is 3.44. The van der Waals surface area contributed by atoms with E-state index in [1.54, 1.807) is 6.08 Å². The number of aliphatic hydroxyl groups is 1. The molecule has 8 atom stereocenters. The zero-order valence-corrected chi connectivity index (χ0v) is 23.5. The normalized spacial score (nSPS) is 43.9. The van der Waals surface area contributed by atoms with Gasteiger partial charge < -0.3 is 25.2 Å². The van der Waals surface area contributed by atoms with Gasteiger partial charge in [0.15, 0.2) is 0 Å². The SMILES string of the molecule is C[C@]12CC[C@H](NC(=O)OCCN3CCNC(=O)C3)C[C@H]1CC[C@@H]1[C@@H]2CC[C@]2(C)[C@@H](C3=CC(=O)OC3)CC[C@]12O. The molecule has 0 aromatic rings. The maximum atomic E-state index is 12.5. The van der Waals surface area contributed by atoms with E-state index in [1.807, 2.05) is 4.90 Å². The van der Waals surface area contributed by atoms with Crippen molar-refractivity contribution in [2.45, 2.75) is 83.3 Å². The molecule has 4 saturated carbocycles. The fraction of sp³-hybridized carbons (Fsp3) is 0.833. The summed E-state index contributed by atoms with van der Waals surface area (Å²) in [6.45, 7) is 7.73. The molecule has 0 aromatic carbocycles. The van der Waals surface area contributed by atoms with Crippen LogP contribution >= 0.6 is 0 Å². The summed E-state index contributed by atoms with van der Waals surface area (Å²) in [5, 5.41) is 18.3. The lowest BCUT2D eigenvalue weighted by Crippen LogP contribution is -2.62. The predicted molar refractivity (Wildman–Crippen MR) is 143 cm³/mol. The number of carbonyl (C=O) groups excluding carboxylic acids is 3. The molecule has 9 heteroatoms. The lowest BCUT2D eigenvalue weighted by molar-refractivity contribution is -0.204. The Balaban J connectivity index is 1.05. The summed E-state index contributed by atoms with van der Waals surface area (Å²) in [5.41, 5.74) is 0.338. The molecule has 1 saturated heterocycles. The van der Waals surface area contributed by atoms with Gasteiger partial charge in [-0.3, -0.25) is 9.69 Å². The van der Waals surface area contributed by atoms with Crippen LogP contribution in [0, 0.1) is 34.5 Å². The number of fused-ring (bicyclic) bond motifs is 5. The van der Waals surface area contributed by atoms with Crippen molar-refractivity contribution < 1.29 is 29.0 Å². The molecule has 0 aromatic heterocycles. The van der Waals surface area contributed by atoms with E-state index in [9.17, 15) is 19.5 Å². The Hall–Kier alpha value is -2.13. The van der Waals surface area contributed by atoms with Crippen molar-refractivity contribution in [3.05, 3.63) is 11.6 Å². The van der Waals surface area contributed by atoms with Crippen LogP contribution in [0.4, 0.5) is 4.79 Å². The second-order valence-electron chi connectivity index (χ2n) is 13.7. The molecule has 3 N–H and O–H groups in total. The van der Waals surface area contributed by atoms with E-state index in [2.05, 4.69) is 24.5 Å². The second kappa shape index (κ2) is 10.1. The van der Waals surface area contributed by atoms with Crippen LogP contribution in [0.5, 0.6) is 0 Å². The fourth-order valence-corrected chi connectivity index (χ4v) is 9.90. The third-order valence-electron chi connectivity index (χ3n) is 12.1. The lowest BCUT2D eigenvalue weighted by atomic mass is 9.43. The highest BCUT2D eigenvalue weighted by Gasteiger charge is 2.67. The molecule has 2 heterocycles. The molecular weight excluding hydrogens is 498 g/mol. The van der Waals surface area contributed by atoms with E-state index >= 15 is 0 Å². The number of hydrogen-bond acceptors (Lipinski definition) is 7. The average molecular weight is 544 g/mol. The van der Waals surface area contributed by atoms with Gasteiger partial charge in [-0.05, 0) is 92.4 Å². The van der Waals surface area contributed by atoms with Gasteiger partial charge in [0.25, 0.3) is 0 Å². The van der Waals surface area contributed by atoms with Gasteiger partial charge in [0.2, 0.25) is 5.91 Å². The van der Waals surface area contributed by atoms with E-state index in [1.165, 1.54) is 0 Å². The molecule has 39 heavy (non-hydrogen) atoms. The lowest BCUT2D eigenvalue weighted by Gasteiger charge is -2.63. The Kier molecular flexibility index (Phi) is 6.97. The minimum absolute atomic E-state index is 0.0189. The molecule has 0 bridgehead atoms. The minimum Gasteiger partial charge on any atom is -0.458 e. The van der Waals surface area contributed by atoms with Crippen LogP contribution in [0.3, 0.4) is 0 Å². The van der Waals surface area contributed by atoms with E-state index in [0.717, 1.165) is 69.9 Å². The topological polar surface area (TPSA) is 117 Å². The third-order valence-corrected chi connectivity index (χ3v) is 12.1. The van der Waals surface area contributed by atoms with Gasteiger partial charge >= 0.3 is 12.1 Å². The third kappa shape index (κ3) is 4.57. The maximum Gasteiger partial charge on any atom is 0.407 e. The number of ether oxygens (including phenoxy) is 2. The number of nitrogens with zero attached hydrogens (tertiary/aromatic N) is 1. The highest BCUT2D eigenvalue weighted by molar-refractivity contribution is 5.85.